The molecule has 6 heteroatoms. The molecule has 6 nitrogen and oxygen atoms in total. The van der Waals surface area contributed by atoms with Crippen molar-refractivity contribution in [1.29, 1.82) is 5.26 Å². The number of hydrogen-bond acceptors (Lipinski definition) is 5. The highest BCUT2D eigenvalue weighted by Gasteiger charge is 2.50. The number of rotatable bonds is 2. The van der Waals surface area contributed by atoms with Gasteiger partial charge in [-0.25, -0.2) is 9.97 Å². The second-order valence-corrected chi connectivity index (χ2v) is 8.35. The number of amides is 1. The van der Waals surface area contributed by atoms with Crippen LogP contribution in [-0.2, 0) is 4.79 Å². The SMILES string of the molecule is N#CC1(C(=O)N2CC3CCC2c2cnc(N4CCCC4)nc23)CCCC1. The first-order valence-electron chi connectivity index (χ1n) is 10.1. The number of carbonyl (C=O) groups is 1. The van der Waals surface area contributed by atoms with Crippen LogP contribution in [0, 0.1) is 16.7 Å². The molecule has 0 spiro atoms. The monoisotopic (exact) mass is 351 g/mol. The second-order valence-electron chi connectivity index (χ2n) is 8.35. The third-order valence-electron chi connectivity index (χ3n) is 6.89. The summed E-state index contributed by atoms with van der Waals surface area (Å²) in [5.74, 6) is 1.21. The number of anilines is 1. The van der Waals surface area contributed by atoms with Gasteiger partial charge in [-0.1, -0.05) is 12.8 Å². The molecule has 0 aromatic carbocycles. The van der Waals surface area contributed by atoms with Crippen LogP contribution >= 0.6 is 0 Å². The summed E-state index contributed by atoms with van der Waals surface area (Å²) in [5, 5.41) is 9.71. The molecule has 136 valence electrons. The molecule has 3 aliphatic heterocycles. The Labute approximate surface area is 154 Å². The van der Waals surface area contributed by atoms with Gasteiger partial charge in [0, 0.05) is 37.3 Å². The van der Waals surface area contributed by atoms with Crippen LogP contribution in [0.2, 0.25) is 0 Å². The van der Waals surface area contributed by atoms with Gasteiger partial charge >= 0.3 is 0 Å². The van der Waals surface area contributed by atoms with Crippen molar-refractivity contribution in [3.05, 3.63) is 17.5 Å². The molecule has 1 aromatic heterocycles. The Morgan fingerprint density at radius 3 is 2.69 bits per heavy atom. The first kappa shape index (κ1) is 16.0. The van der Waals surface area contributed by atoms with E-state index in [2.05, 4.69) is 16.0 Å². The molecular formula is C20H25N5O. The van der Waals surface area contributed by atoms with E-state index in [0.717, 1.165) is 62.5 Å². The molecule has 1 amide bonds. The van der Waals surface area contributed by atoms with Gasteiger partial charge in [-0.05, 0) is 38.5 Å². The smallest absolute Gasteiger partial charge is 0.243 e. The van der Waals surface area contributed by atoms with Crippen LogP contribution in [0.15, 0.2) is 6.20 Å². The van der Waals surface area contributed by atoms with Crippen molar-refractivity contribution in [2.75, 3.05) is 24.5 Å². The summed E-state index contributed by atoms with van der Waals surface area (Å²) < 4.78 is 0. The number of fused-ring (bicyclic) bond motifs is 2. The van der Waals surface area contributed by atoms with E-state index in [-0.39, 0.29) is 11.9 Å². The van der Waals surface area contributed by atoms with Crippen molar-refractivity contribution in [1.82, 2.24) is 14.9 Å². The van der Waals surface area contributed by atoms with Crippen molar-refractivity contribution in [2.45, 2.75) is 63.3 Å². The molecule has 2 aliphatic carbocycles. The number of nitriles is 1. The van der Waals surface area contributed by atoms with Crippen LogP contribution in [0.25, 0.3) is 0 Å². The lowest BCUT2D eigenvalue weighted by Crippen LogP contribution is -2.51. The summed E-state index contributed by atoms with van der Waals surface area (Å²) in [6.07, 6.45) is 9.84. The van der Waals surface area contributed by atoms with E-state index in [1.54, 1.807) is 0 Å². The minimum atomic E-state index is -0.784. The standard InChI is InChI=1S/C20H25N5O/c21-13-20(7-1-2-8-20)18(26)25-12-14-5-6-16(25)15-11-22-19(23-17(14)15)24-9-3-4-10-24/h11,14,16H,1-10,12H2. The van der Waals surface area contributed by atoms with Gasteiger partial charge in [-0.15, -0.1) is 0 Å². The van der Waals surface area contributed by atoms with E-state index < -0.39 is 5.41 Å². The molecule has 1 saturated carbocycles. The zero-order chi connectivity index (χ0) is 17.7. The van der Waals surface area contributed by atoms with Crippen LogP contribution in [0.3, 0.4) is 0 Å². The number of hydrogen-bond donors (Lipinski definition) is 0. The largest absolute Gasteiger partial charge is 0.341 e. The van der Waals surface area contributed by atoms with Gasteiger partial charge < -0.3 is 9.80 Å². The summed E-state index contributed by atoms with van der Waals surface area (Å²) in [6, 6.07) is 2.43. The van der Waals surface area contributed by atoms with E-state index in [1.807, 2.05) is 11.1 Å². The van der Waals surface area contributed by atoms with Crippen LogP contribution in [0.4, 0.5) is 5.95 Å². The molecule has 5 aliphatic rings. The highest BCUT2D eigenvalue weighted by molar-refractivity contribution is 5.86. The normalized spacial score (nSPS) is 28.9. The molecular weight excluding hydrogens is 326 g/mol. The Balaban J connectivity index is 1.46. The fraction of sp³-hybridized carbons (Fsp3) is 0.700. The lowest BCUT2D eigenvalue weighted by Gasteiger charge is -2.47. The van der Waals surface area contributed by atoms with Gasteiger partial charge in [0.15, 0.2) is 0 Å². The fourth-order valence-electron chi connectivity index (χ4n) is 5.42. The maximum atomic E-state index is 13.3. The summed E-state index contributed by atoms with van der Waals surface area (Å²) in [5.41, 5.74) is 1.49. The molecule has 6 rings (SSSR count). The summed E-state index contributed by atoms with van der Waals surface area (Å²) >= 11 is 0. The first-order chi connectivity index (χ1) is 12.7. The fourth-order valence-corrected chi connectivity index (χ4v) is 5.42. The van der Waals surface area contributed by atoms with Crippen LogP contribution < -0.4 is 4.90 Å². The van der Waals surface area contributed by atoms with Gasteiger partial charge in [0.25, 0.3) is 0 Å². The predicted octanol–water partition coefficient (Wildman–Crippen LogP) is 2.92. The maximum Gasteiger partial charge on any atom is 0.243 e. The average molecular weight is 351 g/mol. The number of nitrogens with zero attached hydrogens (tertiary/aromatic N) is 5. The van der Waals surface area contributed by atoms with E-state index in [1.165, 1.54) is 12.8 Å². The Morgan fingerprint density at radius 1 is 1.19 bits per heavy atom. The minimum Gasteiger partial charge on any atom is -0.341 e. The second kappa shape index (κ2) is 5.94. The number of piperidine rings is 1. The molecule has 2 unspecified atom stereocenters. The zero-order valence-electron chi connectivity index (χ0n) is 15.2. The quantitative estimate of drug-likeness (QED) is 0.819. The molecule has 3 fully saturated rings. The third kappa shape index (κ3) is 2.26. The van der Waals surface area contributed by atoms with Gasteiger partial charge in [0.1, 0.15) is 5.41 Å². The van der Waals surface area contributed by atoms with Crippen molar-refractivity contribution in [2.24, 2.45) is 5.41 Å². The van der Waals surface area contributed by atoms with Gasteiger partial charge in [-0.2, -0.15) is 5.26 Å². The predicted molar refractivity (Wildman–Crippen MR) is 96.4 cm³/mol. The van der Waals surface area contributed by atoms with Crippen molar-refractivity contribution in [3.8, 4) is 6.07 Å². The summed E-state index contributed by atoms with van der Waals surface area (Å²) in [4.78, 5) is 27.1. The van der Waals surface area contributed by atoms with E-state index in [0.29, 0.717) is 18.8 Å². The van der Waals surface area contributed by atoms with Gasteiger partial charge in [0.2, 0.25) is 11.9 Å². The van der Waals surface area contributed by atoms with Crippen LogP contribution in [0.1, 0.15) is 74.6 Å². The van der Waals surface area contributed by atoms with Gasteiger partial charge in [0.05, 0.1) is 17.8 Å². The Kier molecular flexibility index (Phi) is 3.66. The highest BCUT2D eigenvalue weighted by atomic mass is 16.2. The van der Waals surface area contributed by atoms with Crippen molar-refractivity contribution < 1.29 is 4.79 Å². The Morgan fingerprint density at radius 2 is 1.96 bits per heavy atom. The molecule has 0 N–H and O–H groups in total. The minimum absolute atomic E-state index is 0.0564. The van der Waals surface area contributed by atoms with E-state index in [9.17, 15) is 10.1 Å². The lowest BCUT2D eigenvalue weighted by atomic mass is 9.76. The van der Waals surface area contributed by atoms with E-state index in [4.69, 9.17) is 4.98 Å². The third-order valence-corrected chi connectivity index (χ3v) is 6.89. The number of carbonyl (C=O) groups excluding carboxylic acids is 1. The average Bonchev–Trinajstić information content (AvgIpc) is 3.40. The van der Waals surface area contributed by atoms with Gasteiger partial charge in [-0.3, -0.25) is 4.79 Å². The molecule has 4 heterocycles. The van der Waals surface area contributed by atoms with E-state index >= 15 is 0 Å². The highest BCUT2D eigenvalue weighted by Crippen LogP contribution is 2.49. The summed E-state index contributed by atoms with van der Waals surface area (Å²) in [6.45, 7) is 2.81. The first-order valence-corrected chi connectivity index (χ1v) is 10.1. The molecule has 26 heavy (non-hydrogen) atoms. The van der Waals surface area contributed by atoms with Crippen LogP contribution in [0.5, 0.6) is 0 Å². The molecule has 2 bridgehead atoms. The van der Waals surface area contributed by atoms with Crippen molar-refractivity contribution in [3.63, 3.8) is 0 Å². The maximum absolute atomic E-state index is 13.3. The Bertz CT molecular complexity index is 773. The van der Waals surface area contributed by atoms with Crippen LogP contribution in [-0.4, -0.2) is 40.4 Å². The summed E-state index contributed by atoms with van der Waals surface area (Å²) in [7, 11) is 0. The zero-order valence-corrected chi connectivity index (χ0v) is 15.2. The topological polar surface area (TPSA) is 73.1 Å². The lowest BCUT2D eigenvalue weighted by molar-refractivity contribution is -0.144. The molecule has 1 aromatic rings. The molecule has 2 saturated heterocycles. The molecule has 2 atom stereocenters. The Hall–Kier alpha value is -2.16. The number of aromatic nitrogens is 2. The molecule has 0 radical (unpaired) electrons. The van der Waals surface area contributed by atoms with Crippen molar-refractivity contribution >= 4 is 11.9 Å².